The van der Waals surface area contributed by atoms with E-state index < -0.39 is 0 Å². The van der Waals surface area contributed by atoms with Crippen LogP contribution in [-0.2, 0) is 4.79 Å². The lowest BCUT2D eigenvalue weighted by Crippen LogP contribution is -2.49. The first kappa shape index (κ1) is 7.14. The molecule has 0 aromatic carbocycles. The summed E-state index contributed by atoms with van der Waals surface area (Å²) >= 11 is 0. The molecule has 62 valence electrons. The molecule has 0 saturated carbocycles. The average Bonchev–Trinajstić information content (AvgIpc) is 1.99. The maximum absolute atomic E-state index is 11.3. The lowest BCUT2D eigenvalue weighted by molar-refractivity contribution is -0.140. The monoisotopic (exact) mass is 153 g/mol. The molecule has 0 aromatic rings. The number of fused-ring (bicyclic) bond motifs is 2. The van der Waals surface area contributed by atoms with E-state index in [0.717, 1.165) is 25.9 Å². The maximum Gasteiger partial charge on any atom is 0.222 e. The highest BCUT2D eigenvalue weighted by Crippen LogP contribution is 2.37. The minimum absolute atomic E-state index is 0.377. The van der Waals surface area contributed by atoms with Crippen LogP contribution in [0.3, 0.4) is 0 Å². The third-order valence-electron chi connectivity index (χ3n) is 3.08. The van der Waals surface area contributed by atoms with Gasteiger partial charge in [-0.25, -0.2) is 0 Å². The number of nitrogens with zero attached hydrogens (tertiary/aromatic N) is 1. The van der Waals surface area contributed by atoms with Crippen LogP contribution in [0.25, 0.3) is 0 Å². The van der Waals surface area contributed by atoms with Gasteiger partial charge in [-0.1, -0.05) is 6.92 Å². The van der Waals surface area contributed by atoms with Crippen LogP contribution in [0.1, 0.15) is 32.6 Å². The molecular formula is C9H15NO. The van der Waals surface area contributed by atoms with Crippen molar-refractivity contribution in [2.75, 3.05) is 13.1 Å². The van der Waals surface area contributed by atoms with Gasteiger partial charge in [-0.2, -0.15) is 0 Å². The standard InChI is InChI=1S/C9H15NO/c1-9-4-2-6-10(7-9)8(11)3-5-9/h2-7H2,1H3. The summed E-state index contributed by atoms with van der Waals surface area (Å²) < 4.78 is 0. The third kappa shape index (κ3) is 1.15. The van der Waals surface area contributed by atoms with Gasteiger partial charge in [0.15, 0.2) is 0 Å². The molecule has 11 heavy (non-hydrogen) atoms. The molecule has 1 amide bonds. The topological polar surface area (TPSA) is 20.3 Å². The van der Waals surface area contributed by atoms with Gasteiger partial charge in [-0.15, -0.1) is 0 Å². The lowest BCUT2D eigenvalue weighted by Gasteiger charge is -2.44. The molecule has 2 aliphatic rings. The van der Waals surface area contributed by atoms with E-state index in [0.29, 0.717) is 11.3 Å². The number of hydrogen-bond donors (Lipinski definition) is 0. The van der Waals surface area contributed by atoms with Crippen molar-refractivity contribution in [1.82, 2.24) is 4.90 Å². The summed E-state index contributed by atoms with van der Waals surface area (Å²) in [5.41, 5.74) is 0.464. The molecule has 2 bridgehead atoms. The fourth-order valence-electron chi connectivity index (χ4n) is 2.30. The van der Waals surface area contributed by atoms with Gasteiger partial charge >= 0.3 is 0 Å². The molecule has 2 saturated heterocycles. The highest BCUT2D eigenvalue weighted by Gasteiger charge is 2.37. The molecule has 2 heterocycles. The Hall–Kier alpha value is -0.530. The second kappa shape index (κ2) is 2.23. The fourth-order valence-corrected chi connectivity index (χ4v) is 2.30. The normalized spacial score (nSPS) is 37.5. The van der Waals surface area contributed by atoms with Crippen LogP contribution in [0.2, 0.25) is 0 Å². The summed E-state index contributed by atoms with van der Waals surface area (Å²) in [6.07, 6.45) is 4.43. The van der Waals surface area contributed by atoms with Crippen LogP contribution >= 0.6 is 0 Å². The molecule has 0 radical (unpaired) electrons. The zero-order valence-corrected chi connectivity index (χ0v) is 7.10. The first-order valence-corrected chi connectivity index (χ1v) is 4.47. The Labute approximate surface area is 67.6 Å². The Morgan fingerprint density at radius 3 is 3.00 bits per heavy atom. The number of carbonyl (C=O) groups is 1. The van der Waals surface area contributed by atoms with Crippen molar-refractivity contribution in [3.63, 3.8) is 0 Å². The zero-order valence-electron chi connectivity index (χ0n) is 7.10. The molecule has 2 fully saturated rings. The van der Waals surface area contributed by atoms with E-state index >= 15 is 0 Å². The lowest BCUT2D eigenvalue weighted by atomic mass is 9.75. The highest BCUT2D eigenvalue weighted by molar-refractivity contribution is 5.77. The van der Waals surface area contributed by atoms with E-state index in [1.807, 2.05) is 4.90 Å². The van der Waals surface area contributed by atoms with Gasteiger partial charge in [0.25, 0.3) is 0 Å². The Morgan fingerprint density at radius 1 is 1.45 bits per heavy atom. The summed E-state index contributed by atoms with van der Waals surface area (Å²) in [5, 5.41) is 0. The molecule has 0 spiro atoms. The summed E-state index contributed by atoms with van der Waals surface area (Å²) in [6.45, 7) is 4.34. The van der Waals surface area contributed by atoms with Crippen molar-refractivity contribution < 1.29 is 4.79 Å². The van der Waals surface area contributed by atoms with Crippen molar-refractivity contribution in [3.05, 3.63) is 0 Å². The van der Waals surface area contributed by atoms with Crippen molar-refractivity contribution in [2.45, 2.75) is 32.6 Å². The first-order chi connectivity index (χ1) is 5.20. The number of piperidine rings is 2. The average molecular weight is 153 g/mol. The van der Waals surface area contributed by atoms with E-state index in [4.69, 9.17) is 0 Å². The Kier molecular flexibility index (Phi) is 1.44. The van der Waals surface area contributed by atoms with Crippen LogP contribution in [0.5, 0.6) is 0 Å². The van der Waals surface area contributed by atoms with Crippen LogP contribution in [0, 0.1) is 5.41 Å². The molecule has 2 heteroatoms. The molecule has 0 aromatic heterocycles. The van der Waals surface area contributed by atoms with Crippen molar-refractivity contribution in [3.8, 4) is 0 Å². The van der Waals surface area contributed by atoms with Gasteiger partial charge in [0.2, 0.25) is 5.91 Å². The molecule has 0 N–H and O–H groups in total. The predicted molar refractivity (Wildman–Crippen MR) is 43.2 cm³/mol. The molecule has 2 rings (SSSR count). The van der Waals surface area contributed by atoms with E-state index in [1.54, 1.807) is 0 Å². The van der Waals surface area contributed by atoms with E-state index in [1.165, 1.54) is 12.8 Å². The first-order valence-electron chi connectivity index (χ1n) is 4.47. The van der Waals surface area contributed by atoms with Crippen molar-refractivity contribution in [2.24, 2.45) is 5.41 Å². The Balaban J connectivity index is 2.15. The second-order valence-corrected chi connectivity index (χ2v) is 4.23. The number of carbonyl (C=O) groups excluding carboxylic acids is 1. The summed E-state index contributed by atoms with van der Waals surface area (Å²) in [5.74, 6) is 0.377. The molecular weight excluding hydrogens is 138 g/mol. The van der Waals surface area contributed by atoms with Gasteiger partial charge in [0.1, 0.15) is 0 Å². The minimum atomic E-state index is 0.377. The van der Waals surface area contributed by atoms with E-state index in [-0.39, 0.29) is 0 Å². The summed E-state index contributed by atoms with van der Waals surface area (Å²) in [7, 11) is 0. The maximum atomic E-state index is 11.3. The van der Waals surface area contributed by atoms with Crippen LogP contribution < -0.4 is 0 Å². The van der Waals surface area contributed by atoms with E-state index in [2.05, 4.69) is 6.92 Å². The quantitative estimate of drug-likeness (QED) is 0.515. The van der Waals surface area contributed by atoms with Gasteiger partial charge in [-0.05, 0) is 24.7 Å². The fraction of sp³-hybridized carbons (Fsp3) is 0.889. The van der Waals surface area contributed by atoms with Crippen molar-refractivity contribution >= 4 is 5.91 Å². The minimum Gasteiger partial charge on any atom is -0.342 e. The Bertz CT molecular complexity index is 190. The largest absolute Gasteiger partial charge is 0.342 e. The molecule has 1 atom stereocenters. The van der Waals surface area contributed by atoms with Crippen LogP contribution in [-0.4, -0.2) is 23.9 Å². The number of rotatable bonds is 0. The summed E-state index contributed by atoms with van der Waals surface area (Å²) in [6, 6.07) is 0. The zero-order chi connectivity index (χ0) is 7.90. The summed E-state index contributed by atoms with van der Waals surface area (Å²) in [4.78, 5) is 13.3. The Morgan fingerprint density at radius 2 is 2.27 bits per heavy atom. The predicted octanol–water partition coefficient (Wildman–Crippen LogP) is 1.41. The van der Waals surface area contributed by atoms with Crippen LogP contribution in [0.4, 0.5) is 0 Å². The number of hydrogen-bond acceptors (Lipinski definition) is 1. The molecule has 0 aliphatic carbocycles. The second-order valence-electron chi connectivity index (χ2n) is 4.23. The smallest absolute Gasteiger partial charge is 0.222 e. The third-order valence-corrected chi connectivity index (χ3v) is 3.08. The van der Waals surface area contributed by atoms with Gasteiger partial charge < -0.3 is 4.90 Å². The van der Waals surface area contributed by atoms with E-state index in [9.17, 15) is 4.79 Å². The molecule has 2 nitrogen and oxygen atoms in total. The van der Waals surface area contributed by atoms with Crippen LogP contribution in [0.15, 0.2) is 0 Å². The molecule has 1 unspecified atom stereocenters. The number of amides is 1. The molecule has 2 aliphatic heterocycles. The van der Waals surface area contributed by atoms with Gasteiger partial charge in [0, 0.05) is 19.5 Å². The SMILES string of the molecule is CC12CCCN(C1)C(=O)CC2. The van der Waals surface area contributed by atoms with Gasteiger partial charge in [-0.3, -0.25) is 4.79 Å². The van der Waals surface area contributed by atoms with Gasteiger partial charge in [0.05, 0.1) is 0 Å². The van der Waals surface area contributed by atoms with Crippen molar-refractivity contribution in [1.29, 1.82) is 0 Å². The highest BCUT2D eigenvalue weighted by atomic mass is 16.2.